The number of likely N-dealkylation sites (N-methyl/N-ethyl adjacent to an activating group) is 1. The van der Waals surface area contributed by atoms with Crippen molar-refractivity contribution in [2.45, 2.75) is 38.6 Å². The van der Waals surface area contributed by atoms with Gasteiger partial charge in [0, 0.05) is 19.1 Å². The molecule has 1 aliphatic rings. The van der Waals surface area contributed by atoms with Crippen LogP contribution < -0.4 is 5.73 Å². The summed E-state index contributed by atoms with van der Waals surface area (Å²) < 4.78 is 0. The van der Waals surface area contributed by atoms with E-state index < -0.39 is 0 Å². The van der Waals surface area contributed by atoms with Gasteiger partial charge in [-0.25, -0.2) is 0 Å². The zero-order valence-electron chi connectivity index (χ0n) is 10.2. The first-order valence-corrected chi connectivity index (χ1v) is 7.64. The molecular formula is C12H26N2S. The molecule has 0 aromatic carbocycles. The van der Waals surface area contributed by atoms with Crippen LogP contribution in [0.25, 0.3) is 0 Å². The number of nitrogens with zero attached hydrogens (tertiary/aromatic N) is 1. The number of hydrogen-bond donors (Lipinski definition) is 1. The van der Waals surface area contributed by atoms with Crippen LogP contribution in [0.15, 0.2) is 0 Å². The van der Waals surface area contributed by atoms with E-state index in [0.29, 0.717) is 6.04 Å². The summed E-state index contributed by atoms with van der Waals surface area (Å²) in [4.78, 5) is 2.60. The maximum Gasteiger partial charge on any atom is 0.0226 e. The zero-order valence-corrected chi connectivity index (χ0v) is 11.1. The average Bonchev–Trinajstić information content (AvgIpc) is 2.20. The highest BCUT2D eigenvalue weighted by Gasteiger charge is 2.23. The first kappa shape index (κ1) is 13.3. The molecule has 0 amide bonds. The minimum absolute atomic E-state index is 0.614. The summed E-state index contributed by atoms with van der Waals surface area (Å²) in [7, 11) is 0. The lowest BCUT2D eigenvalue weighted by Gasteiger charge is -2.36. The summed E-state index contributed by atoms with van der Waals surface area (Å²) in [5.41, 5.74) is 5.87. The number of thioether (sulfide) groups is 1. The third kappa shape index (κ3) is 4.33. The molecule has 1 aliphatic carbocycles. The Balaban J connectivity index is 2.30. The maximum atomic E-state index is 5.87. The van der Waals surface area contributed by atoms with Crippen LogP contribution in [0.5, 0.6) is 0 Å². The molecule has 1 saturated carbocycles. The van der Waals surface area contributed by atoms with Crippen molar-refractivity contribution in [3.63, 3.8) is 0 Å². The fourth-order valence-electron chi connectivity index (χ4n) is 2.25. The third-order valence-corrected chi connectivity index (χ3v) is 4.21. The lowest BCUT2D eigenvalue weighted by Crippen LogP contribution is -2.44. The van der Waals surface area contributed by atoms with Gasteiger partial charge in [0.1, 0.15) is 0 Å². The van der Waals surface area contributed by atoms with Crippen LogP contribution in [-0.2, 0) is 0 Å². The normalized spacial score (nSPS) is 19.2. The largest absolute Gasteiger partial charge is 0.329 e. The van der Waals surface area contributed by atoms with Gasteiger partial charge in [-0.2, -0.15) is 11.8 Å². The predicted molar refractivity (Wildman–Crippen MR) is 70.4 cm³/mol. The van der Waals surface area contributed by atoms with Gasteiger partial charge in [0.25, 0.3) is 0 Å². The smallest absolute Gasteiger partial charge is 0.0226 e. The van der Waals surface area contributed by atoms with Crippen molar-refractivity contribution in [2.75, 3.05) is 31.6 Å². The average molecular weight is 230 g/mol. The Morgan fingerprint density at radius 2 is 2.20 bits per heavy atom. The molecule has 1 rings (SSSR count). The summed E-state index contributed by atoms with van der Waals surface area (Å²) >= 11 is 1.93. The molecule has 2 N–H and O–H groups in total. The fraction of sp³-hybridized carbons (Fsp3) is 1.00. The van der Waals surface area contributed by atoms with E-state index >= 15 is 0 Å². The van der Waals surface area contributed by atoms with E-state index in [-0.39, 0.29) is 0 Å². The molecule has 2 nitrogen and oxygen atoms in total. The van der Waals surface area contributed by atoms with Crippen molar-refractivity contribution >= 4 is 11.8 Å². The van der Waals surface area contributed by atoms with E-state index in [0.717, 1.165) is 19.0 Å². The molecule has 0 radical (unpaired) electrons. The minimum Gasteiger partial charge on any atom is -0.329 e. The predicted octanol–water partition coefficient (Wildman–Crippen LogP) is 2.19. The maximum absolute atomic E-state index is 5.87. The summed E-state index contributed by atoms with van der Waals surface area (Å²) in [6.07, 6.45) is 7.75. The van der Waals surface area contributed by atoms with Crippen LogP contribution >= 0.6 is 11.8 Å². The molecular weight excluding hydrogens is 204 g/mol. The van der Waals surface area contributed by atoms with E-state index in [4.69, 9.17) is 5.73 Å². The van der Waals surface area contributed by atoms with E-state index in [1.807, 2.05) is 11.8 Å². The lowest BCUT2D eigenvalue weighted by molar-refractivity contribution is 0.139. The van der Waals surface area contributed by atoms with E-state index in [1.165, 1.54) is 38.0 Å². The Bertz CT molecular complexity index is 160. The van der Waals surface area contributed by atoms with E-state index in [2.05, 4.69) is 18.1 Å². The summed E-state index contributed by atoms with van der Waals surface area (Å²) in [6.45, 7) is 5.53. The molecule has 0 aromatic rings. The molecule has 0 saturated heterocycles. The second kappa shape index (κ2) is 7.53. The van der Waals surface area contributed by atoms with Gasteiger partial charge >= 0.3 is 0 Å². The Hall–Kier alpha value is 0.270. The first-order valence-electron chi connectivity index (χ1n) is 6.24. The standard InChI is InChI=1S/C12H26N2S/c1-3-14(10-11-5-4-6-11)12(9-13)7-8-15-2/h11-12H,3-10,13H2,1-2H3. The van der Waals surface area contributed by atoms with Gasteiger partial charge < -0.3 is 5.73 Å². The van der Waals surface area contributed by atoms with Crippen molar-refractivity contribution in [2.24, 2.45) is 11.7 Å². The van der Waals surface area contributed by atoms with Gasteiger partial charge in [0.15, 0.2) is 0 Å². The van der Waals surface area contributed by atoms with Crippen LogP contribution in [0.2, 0.25) is 0 Å². The van der Waals surface area contributed by atoms with Crippen molar-refractivity contribution in [1.29, 1.82) is 0 Å². The number of nitrogens with two attached hydrogens (primary N) is 1. The number of rotatable bonds is 8. The van der Waals surface area contributed by atoms with Crippen LogP contribution in [0, 0.1) is 5.92 Å². The van der Waals surface area contributed by atoms with Gasteiger partial charge in [0.05, 0.1) is 0 Å². The topological polar surface area (TPSA) is 29.3 Å². The van der Waals surface area contributed by atoms with Gasteiger partial charge in [-0.1, -0.05) is 13.3 Å². The molecule has 1 atom stereocenters. The molecule has 0 aliphatic heterocycles. The monoisotopic (exact) mass is 230 g/mol. The highest BCUT2D eigenvalue weighted by atomic mass is 32.2. The van der Waals surface area contributed by atoms with Crippen molar-refractivity contribution in [3.8, 4) is 0 Å². The summed E-state index contributed by atoms with van der Waals surface area (Å²) in [5.74, 6) is 2.21. The second-order valence-electron chi connectivity index (χ2n) is 4.56. The molecule has 0 aromatic heterocycles. The van der Waals surface area contributed by atoms with Crippen LogP contribution in [-0.4, -0.2) is 42.6 Å². The molecule has 1 fully saturated rings. The van der Waals surface area contributed by atoms with Crippen LogP contribution in [0.4, 0.5) is 0 Å². The summed E-state index contributed by atoms with van der Waals surface area (Å²) in [5, 5.41) is 0. The van der Waals surface area contributed by atoms with Gasteiger partial charge in [-0.15, -0.1) is 0 Å². The van der Waals surface area contributed by atoms with Gasteiger partial charge in [0.2, 0.25) is 0 Å². The quantitative estimate of drug-likeness (QED) is 0.693. The molecule has 90 valence electrons. The van der Waals surface area contributed by atoms with Crippen molar-refractivity contribution < 1.29 is 0 Å². The Labute approximate surface area is 99.0 Å². The summed E-state index contributed by atoms with van der Waals surface area (Å²) in [6, 6.07) is 0.614. The molecule has 15 heavy (non-hydrogen) atoms. The lowest BCUT2D eigenvalue weighted by atomic mass is 9.85. The fourth-order valence-corrected chi connectivity index (χ4v) is 2.75. The molecule has 0 bridgehead atoms. The SMILES string of the molecule is CCN(CC1CCC1)C(CN)CCSC. The van der Waals surface area contributed by atoms with Crippen LogP contribution in [0.3, 0.4) is 0 Å². The van der Waals surface area contributed by atoms with Crippen LogP contribution in [0.1, 0.15) is 32.6 Å². The van der Waals surface area contributed by atoms with E-state index in [1.54, 1.807) is 0 Å². The van der Waals surface area contributed by atoms with Crippen molar-refractivity contribution in [1.82, 2.24) is 4.90 Å². The zero-order chi connectivity index (χ0) is 11.1. The number of hydrogen-bond acceptors (Lipinski definition) is 3. The highest BCUT2D eigenvalue weighted by molar-refractivity contribution is 7.98. The van der Waals surface area contributed by atoms with E-state index in [9.17, 15) is 0 Å². The van der Waals surface area contributed by atoms with Gasteiger partial charge in [-0.05, 0) is 43.7 Å². The first-order chi connectivity index (χ1) is 7.31. The molecule has 3 heteroatoms. The van der Waals surface area contributed by atoms with Gasteiger partial charge in [-0.3, -0.25) is 4.90 Å². The molecule has 1 unspecified atom stereocenters. The molecule has 0 spiro atoms. The second-order valence-corrected chi connectivity index (χ2v) is 5.54. The highest BCUT2D eigenvalue weighted by Crippen LogP contribution is 2.27. The molecule has 0 heterocycles. The third-order valence-electron chi connectivity index (χ3n) is 3.57. The Morgan fingerprint density at radius 3 is 2.60 bits per heavy atom. The Kier molecular flexibility index (Phi) is 6.69. The Morgan fingerprint density at radius 1 is 1.47 bits per heavy atom. The minimum atomic E-state index is 0.614. The van der Waals surface area contributed by atoms with Crippen molar-refractivity contribution in [3.05, 3.63) is 0 Å².